The van der Waals surface area contributed by atoms with Gasteiger partial charge in [0.05, 0.1) is 16.2 Å². The van der Waals surface area contributed by atoms with Gasteiger partial charge in [-0.25, -0.2) is 0 Å². The van der Waals surface area contributed by atoms with E-state index < -0.39 is 5.54 Å². The number of anilines is 1. The maximum absolute atomic E-state index is 12.2. The van der Waals surface area contributed by atoms with Gasteiger partial charge in [-0.15, -0.1) is 0 Å². The number of nitrogens with one attached hydrogen (secondary N) is 1. The van der Waals surface area contributed by atoms with Crippen LogP contribution in [0.4, 0.5) is 5.69 Å². The zero-order valence-electron chi connectivity index (χ0n) is 10.6. The highest BCUT2D eigenvalue weighted by Gasteiger charge is 2.35. The van der Waals surface area contributed by atoms with Crippen molar-refractivity contribution in [3.63, 3.8) is 0 Å². The lowest BCUT2D eigenvalue weighted by molar-refractivity contribution is -0.122. The molecule has 0 unspecified atom stereocenters. The predicted octanol–water partition coefficient (Wildman–Crippen LogP) is 3.25. The Kier molecular flexibility index (Phi) is 3.93. The molecule has 18 heavy (non-hydrogen) atoms. The summed E-state index contributed by atoms with van der Waals surface area (Å²) in [5, 5.41) is 3.41. The summed E-state index contributed by atoms with van der Waals surface area (Å²) < 4.78 is 0. The number of hydrogen-bond acceptors (Lipinski definition) is 2. The lowest BCUT2D eigenvalue weighted by Gasteiger charge is -2.31. The topological polar surface area (TPSA) is 55.1 Å². The van der Waals surface area contributed by atoms with Gasteiger partial charge >= 0.3 is 0 Å². The van der Waals surface area contributed by atoms with Crippen molar-refractivity contribution in [2.45, 2.75) is 44.6 Å². The van der Waals surface area contributed by atoms with Gasteiger partial charge in [0.25, 0.3) is 0 Å². The molecule has 0 radical (unpaired) electrons. The minimum absolute atomic E-state index is 0.118. The van der Waals surface area contributed by atoms with Crippen molar-refractivity contribution in [1.82, 2.24) is 0 Å². The van der Waals surface area contributed by atoms with E-state index in [0.29, 0.717) is 10.7 Å². The third kappa shape index (κ3) is 2.85. The van der Waals surface area contributed by atoms with E-state index in [4.69, 9.17) is 17.3 Å². The normalized spacial score (nSPS) is 18.4. The Morgan fingerprint density at radius 1 is 1.33 bits per heavy atom. The second-order valence-corrected chi connectivity index (χ2v) is 5.56. The molecule has 0 aromatic heterocycles. The summed E-state index contributed by atoms with van der Waals surface area (Å²) in [5.74, 6) is -0.118. The largest absolute Gasteiger partial charge is 0.323 e. The van der Waals surface area contributed by atoms with Crippen LogP contribution < -0.4 is 11.1 Å². The summed E-state index contributed by atoms with van der Waals surface area (Å²) in [6, 6.07) is 5.58. The summed E-state index contributed by atoms with van der Waals surface area (Å²) in [6.45, 7) is 1.96. The number of rotatable bonds is 2. The fraction of sp³-hybridized carbons (Fsp3) is 0.500. The number of benzene rings is 1. The Hall–Kier alpha value is -1.06. The van der Waals surface area contributed by atoms with Crippen LogP contribution in [0.1, 0.15) is 37.7 Å². The van der Waals surface area contributed by atoms with E-state index >= 15 is 0 Å². The van der Waals surface area contributed by atoms with E-state index in [0.717, 1.165) is 37.7 Å². The molecule has 4 heteroatoms. The van der Waals surface area contributed by atoms with Crippen molar-refractivity contribution in [3.05, 3.63) is 28.8 Å². The number of amides is 1. The molecule has 0 atom stereocenters. The molecule has 1 aliphatic carbocycles. The first-order valence-corrected chi connectivity index (χ1v) is 6.75. The smallest absolute Gasteiger partial charge is 0.244 e. The van der Waals surface area contributed by atoms with E-state index in [1.165, 1.54) is 0 Å². The van der Waals surface area contributed by atoms with Gasteiger partial charge in [0.2, 0.25) is 5.91 Å². The first-order chi connectivity index (χ1) is 8.51. The van der Waals surface area contributed by atoms with Gasteiger partial charge in [0.15, 0.2) is 0 Å². The van der Waals surface area contributed by atoms with Crippen LogP contribution in [0.15, 0.2) is 18.2 Å². The summed E-state index contributed by atoms with van der Waals surface area (Å²) in [7, 11) is 0. The maximum atomic E-state index is 12.2. The number of halogens is 1. The van der Waals surface area contributed by atoms with Gasteiger partial charge in [-0.2, -0.15) is 0 Å². The third-order valence-corrected chi connectivity index (χ3v) is 3.88. The fourth-order valence-corrected chi connectivity index (χ4v) is 2.66. The van der Waals surface area contributed by atoms with Gasteiger partial charge in [0, 0.05) is 0 Å². The fourth-order valence-electron chi connectivity index (χ4n) is 2.38. The molecule has 1 amide bonds. The molecule has 1 aromatic rings. The molecular formula is C14H19ClN2O. The molecular weight excluding hydrogens is 248 g/mol. The average Bonchev–Trinajstić information content (AvgIpc) is 2.33. The lowest BCUT2D eigenvalue weighted by atomic mass is 9.82. The van der Waals surface area contributed by atoms with Crippen LogP contribution in [-0.4, -0.2) is 11.4 Å². The molecule has 98 valence electrons. The van der Waals surface area contributed by atoms with Crippen LogP contribution in [0, 0.1) is 6.92 Å². The molecule has 0 saturated heterocycles. The van der Waals surface area contributed by atoms with Crippen LogP contribution in [0.25, 0.3) is 0 Å². The Labute approximate surface area is 113 Å². The average molecular weight is 267 g/mol. The van der Waals surface area contributed by atoms with Crippen LogP contribution >= 0.6 is 11.6 Å². The number of nitrogens with two attached hydrogens (primary N) is 1. The predicted molar refractivity (Wildman–Crippen MR) is 74.8 cm³/mol. The summed E-state index contributed by atoms with van der Waals surface area (Å²) in [5.41, 5.74) is 7.15. The second kappa shape index (κ2) is 5.29. The Morgan fingerprint density at radius 3 is 2.61 bits per heavy atom. The molecule has 3 nitrogen and oxygen atoms in total. The van der Waals surface area contributed by atoms with Crippen LogP contribution in [-0.2, 0) is 4.79 Å². The van der Waals surface area contributed by atoms with Gasteiger partial charge in [-0.05, 0) is 37.5 Å². The molecule has 1 aliphatic rings. The Morgan fingerprint density at radius 2 is 2.00 bits per heavy atom. The van der Waals surface area contributed by atoms with Gasteiger partial charge < -0.3 is 11.1 Å². The molecule has 1 saturated carbocycles. The molecule has 0 bridgehead atoms. The highest BCUT2D eigenvalue weighted by molar-refractivity contribution is 6.33. The number of carbonyl (C=O) groups is 1. The van der Waals surface area contributed by atoms with Crippen molar-refractivity contribution in [1.29, 1.82) is 0 Å². The highest BCUT2D eigenvalue weighted by atomic mass is 35.5. The van der Waals surface area contributed by atoms with Crippen molar-refractivity contribution >= 4 is 23.2 Å². The third-order valence-electron chi connectivity index (χ3n) is 3.57. The molecule has 2 rings (SSSR count). The van der Waals surface area contributed by atoms with Crippen LogP contribution in [0.3, 0.4) is 0 Å². The van der Waals surface area contributed by atoms with Crippen molar-refractivity contribution in [2.75, 3.05) is 5.32 Å². The molecule has 0 aliphatic heterocycles. The maximum Gasteiger partial charge on any atom is 0.244 e. The quantitative estimate of drug-likeness (QED) is 0.863. The van der Waals surface area contributed by atoms with E-state index in [9.17, 15) is 4.79 Å². The lowest BCUT2D eigenvalue weighted by Crippen LogP contribution is -2.52. The summed E-state index contributed by atoms with van der Waals surface area (Å²) in [4.78, 5) is 12.2. The molecule has 1 fully saturated rings. The van der Waals surface area contributed by atoms with Crippen molar-refractivity contribution in [3.8, 4) is 0 Å². The van der Waals surface area contributed by atoms with E-state index in [-0.39, 0.29) is 5.91 Å². The van der Waals surface area contributed by atoms with Gasteiger partial charge in [-0.3, -0.25) is 4.79 Å². The molecule has 0 spiro atoms. The van der Waals surface area contributed by atoms with Crippen molar-refractivity contribution < 1.29 is 4.79 Å². The molecule has 0 heterocycles. The monoisotopic (exact) mass is 266 g/mol. The molecule has 1 aromatic carbocycles. The zero-order valence-corrected chi connectivity index (χ0v) is 11.4. The molecule has 3 N–H and O–H groups in total. The summed E-state index contributed by atoms with van der Waals surface area (Å²) in [6.07, 6.45) is 4.71. The first-order valence-electron chi connectivity index (χ1n) is 6.38. The number of hydrogen-bond donors (Lipinski definition) is 2. The van der Waals surface area contributed by atoms with E-state index in [1.54, 1.807) is 0 Å². The minimum Gasteiger partial charge on any atom is -0.323 e. The zero-order chi connectivity index (χ0) is 13.2. The van der Waals surface area contributed by atoms with Crippen LogP contribution in [0.5, 0.6) is 0 Å². The SMILES string of the molecule is Cc1ccc(NC(=O)C2(N)CCCCC2)c(Cl)c1. The standard InChI is InChI=1S/C14H19ClN2O/c1-10-5-6-12(11(15)9-10)17-13(18)14(16)7-3-2-4-8-14/h5-6,9H,2-4,7-8,16H2,1H3,(H,17,18). The highest BCUT2D eigenvalue weighted by Crippen LogP contribution is 2.29. The van der Waals surface area contributed by atoms with E-state index in [2.05, 4.69) is 5.32 Å². The number of carbonyl (C=O) groups excluding carboxylic acids is 1. The Bertz CT molecular complexity index is 453. The van der Waals surface area contributed by atoms with Crippen LogP contribution in [0.2, 0.25) is 5.02 Å². The van der Waals surface area contributed by atoms with Gasteiger partial charge in [-0.1, -0.05) is 36.9 Å². The second-order valence-electron chi connectivity index (χ2n) is 5.15. The Balaban J connectivity index is 2.11. The minimum atomic E-state index is -0.730. The number of aryl methyl sites for hydroxylation is 1. The summed E-state index contributed by atoms with van der Waals surface area (Å²) >= 11 is 6.10. The van der Waals surface area contributed by atoms with Crippen molar-refractivity contribution in [2.24, 2.45) is 5.73 Å². The van der Waals surface area contributed by atoms with E-state index in [1.807, 2.05) is 25.1 Å². The first kappa shape index (κ1) is 13.4. The van der Waals surface area contributed by atoms with Gasteiger partial charge in [0.1, 0.15) is 0 Å².